The first-order chi connectivity index (χ1) is 11.8. The predicted octanol–water partition coefficient (Wildman–Crippen LogP) is 0.947. The lowest BCUT2D eigenvalue weighted by Crippen LogP contribution is -2.47. The Kier molecular flexibility index (Phi) is 5.80. The number of rotatable bonds is 5. The van der Waals surface area contributed by atoms with Gasteiger partial charge in [-0.05, 0) is 37.6 Å². The summed E-state index contributed by atoms with van der Waals surface area (Å²) in [6.07, 6.45) is 0.429. The van der Waals surface area contributed by atoms with Crippen LogP contribution in [0.5, 0.6) is 0 Å². The molecule has 1 aromatic rings. The molecule has 1 saturated heterocycles. The first-order valence-corrected chi connectivity index (χ1v) is 9.87. The van der Waals surface area contributed by atoms with E-state index in [9.17, 15) is 18.0 Å². The van der Waals surface area contributed by atoms with Gasteiger partial charge in [0.25, 0.3) is 0 Å². The Morgan fingerprint density at radius 2 is 1.92 bits per heavy atom. The van der Waals surface area contributed by atoms with Crippen molar-refractivity contribution in [1.29, 1.82) is 5.26 Å². The Bertz CT molecular complexity index is 796. The van der Waals surface area contributed by atoms with E-state index in [2.05, 4.69) is 0 Å². The molecular formula is C17H21N3O4S. The van der Waals surface area contributed by atoms with E-state index in [0.29, 0.717) is 24.2 Å². The van der Waals surface area contributed by atoms with E-state index in [1.807, 2.05) is 6.07 Å². The van der Waals surface area contributed by atoms with E-state index in [-0.39, 0.29) is 35.9 Å². The molecule has 0 spiro atoms. The smallest absolute Gasteiger partial charge is 0.242 e. The normalized spacial score (nSPS) is 18.4. The molecule has 0 bridgehead atoms. The highest BCUT2D eigenvalue weighted by Crippen LogP contribution is 2.20. The molecule has 0 saturated carbocycles. The number of benzene rings is 1. The molecule has 0 aromatic heterocycles. The molecule has 0 radical (unpaired) electrons. The fourth-order valence-corrected chi connectivity index (χ4v) is 4.72. The van der Waals surface area contributed by atoms with Gasteiger partial charge in [0.1, 0.15) is 6.54 Å². The number of hydrogen-bond donors (Lipinski definition) is 0. The molecule has 0 N–H and O–H groups in total. The largest absolute Gasteiger partial charge is 0.337 e. The van der Waals surface area contributed by atoms with Crippen molar-refractivity contribution in [3.05, 3.63) is 29.8 Å². The average Bonchev–Trinajstić information content (AvgIpc) is 2.93. The summed E-state index contributed by atoms with van der Waals surface area (Å²) in [7, 11) is -3.09. The second-order valence-electron chi connectivity index (χ2n) is 6.00. The van der Waals surface area contributed by atoms with Crippen LogP contribution < -0.4 is 4.90 Å². The minimum Gasteiger partial charge on any atom is -0.337 e. The lowest BCUT2D eigenvalue weighted by atomic mass is 10.2. The zero-order valence-electron chi connectivity index (χ0n) is 14.3. The van der Waals surface area contributed by atoms with Crippen LogP contribution >= 0.6 is 0 Å². The van der Waals surface area contributed by atoms with Crippen LogP contribution in [0, 0.1) is 11.3 Å². The standard InChI is InChI=1S/C17H21N3O4S/c1-3-19(16-8-9-25(23,24)12-16)17(22)11-20(13(2)21)15-6-4-14(10-18)5-7-15/h4-7,16H,3,8-9,11-12H2,1-2H3. The van der Waals surface area contributed by atoms with Gasteiger partial charge in [-0.2, -0.15) is 5.26 Å². The van der Waals surface area contributed by atoms with Gasteiger partial charge in [0.15, 0.2) is 9.84 Å². The van der Waals surface area contributed by atoms with Crippen LogP contribution in [0.1, 0.15) is 25.8 Å². The van der Waals surface area contributed by atoms with Crippen molar-refractivity contribution in [1.82, 2.24) is 4.90 Å². The van der Waals surface area contributed by atoms with Crippen LogP contribution in [-0.2, 0) is 19.4 Å². The third-order valence-corrected chi connectivity index (χ3v) is 6.04. The van der Waals surface area contributed by atoms with Gasteiger partial charge < -0.3 is 9.80 Å². The zero-order valence-corrected chi connectivity index (χ0v) is 15.1. The minimum absolute atomic E-state index is 0.0243. The van der Waals surface area contributed by atoms with Crippen molar-refractivity contribution in [2.45, 2.75) is 26.3 Å². The Morgan fingerprint density at radius 3 is 2.36 bits per heavy atom. The number of amides is 2. The summed E-state index contributed by atoms with van der Waals surface area (Å²) in [5.74, 6) is -0.519. The maximum absolute atomic E-state index is 12.7. The molecule has 1 fully saturated rings. The molecule has 1 aromatic carbocycles. The molecule has 134 valence electrons. The summed E-state index contributed by atoms with van der Waals surface area (Å²) in [6.45, 7) is 3.38. The molecule has 1 aliphatic rings. The van der Waals surface area contributed by atoms with Gasteiger partial charge in [0.05, 0.1) is 23.1 Å². The number of nitriles is 1. The first kappa shape index (κ1) is 18.9. The fraction of sp³-hybridized carbons (Fsp3) is 0.471. The molecule has 25 heavy (non-hydrogen) atoms. The molecule has 2 rings (SSSR count). The Hall–Kier alpha value is -2.40. The summed E-state index contributed by atoms with van der Waals surface area (Å²) in [4.78, 5) is 27.5. The van der Waals surface area contributed by atoms with Crippen LogP contribution in [0.3, 0.4) is 0 Å². The molecule has 0 aliphatic carbocycles. The van der Waals surface area contributed by atoms with Gasteiger partial charge in [0.2, 0.25) is 11.8 Å². The highest BCUT2D eigenvalue weighted by atomic mass is 32.2. The highest BCUT2D eigenvalue weighted by Gasteiger charge is 2.34. The fourth-order valence-electron chi connectivity index (χ4n) is 2.99. The van der Waals surface area contributed by atoms with Crippen LogP contribution in [0.15, 0.2) is 24.3 Å². The van der Waals surface area contributed by atoms with Gasteiger partial charge in [-0.1, -0.05) is 0 Å². The maximum Gasteiger partial charge on any atom is 0.242 e. The highest BCUT2D eigenvalue weighted by molar-refractivity contribution is 7.91. The Balaban J connectivity index is 2.16. The summed E-state index contributed by atoms with van der Waals surface area (Å²) in [5, 5.41) is 8.85. The number of hydrogen-bond acceptors (Lipinski definition) is 5. The third kappa shape index (κ3) is 4.57. The maximum atomic E-state index is 12.7. The number of likely N-dealkylation sites (N-methyl/N-ethyl adjacent to an activating group) is 1. The molecule has 1 aliphatic heterocycles. The number of sulfone groups is 1. The van der Waals surface area contributed by atoms with Crippen LogP contribution in [0.25, 0.3) is 0 Å². The van der Waals surface area contributed by atoms with Crippen molar-refractivity contribution in [2.75, 3.05) is 29.5 Å². The monoisotopic (exact) mass is 363 g/mol. The van der Waals surface area contributed by atoms with Gasteiger partial charge >= 0.3 is 0 Å². The summed E-state index contributed by atoms with van der Waals surface area (Å²) < 4.78 is 23.3. The average molecular weight is 363 g/mol. The van der Waals surface area contributed by atoms with Gasteiger partial charge in [0, 0.05) is 25.2 Å². The number of anilines is 1. The van der Waals surface area contributed by atoms with Crippen LogP contribution in [0.4, 0.5) is 5.69 Å². The van der Waals surface area contributed by atoms with Crippen molar-refractivity contribution in [3.63, 3.8) is 0 Å². The van der Waals surface area contributed by atoms with E-state index in [1.165, 1.54) is 16.7 Å². The van der Waals surface area contributed by atoms with E-state index >= 15 is 0 Å². The van der Waals surface area contributed by atoms with E-state index in [1.54, 1.807) is 31.2 Å². The third-order valence-electron chi connectivity index (χ3n) is 4.29. The molecule has 8 heteroatoms. The van der Waals surface area contributed by atoms with Gasteiger partial charge in [-0.3, -0.25) is 9.59 Å². The number of carbonyl (C=O) groups is 2. The second kappa shape index (κ2) is 7.66. The molecule has 1 heterocycles. The lowest BCUT2D eigenvalue weighted by molar-refractivity contribution is -0.132. The topological polar surface area (TPSA) is 98.5 Å². The van der Waals surface area contributed by atoms with E-state index in [4.69, 9.17) is 5.26 Å². The minimum atomic E-state index is -3.09. The molecule has 1 atom stereocenters. The second-order valence-corrected chi connectivity index (χ2v) is 8.23. The van der Waals surface area contributed by atoms with Crippen LogP contribution in [-0.4, -0.2) is 55.8 Å². The predicted molar refractivity (Wildman–Crippen MR) is 93.6 cm³/mol. The molecule has 7 nitrogen and oxygen atoms in total. The summed E-state index contributed by atoms with van der Waals surface area (Å²) in [5.41, 5.74) is 0.986. The first-order valence-electron chi connectivity index (χ1n) is 8.05. The lowest BCUT2D eigenvalue weighted by Gasteiger charge is -2.30. The molecule has 1 unspecified atom stereocenters. The van der Waals surface area contributed by atoms with Crippen molar-refractivity contribution >= 4 is 27.3 Å². The van der Waals surface area contributed by atoms with Gasteiger partial charge in [-0.25, -0.2) is 8.42 Å². The van der Waals surface area contributed by atoms with Gasteiger partial charge in [-0.15, -0.1) is 0 Å². The Morgan fingerprint density at radius 1 is 1.28 bits per heavy atom. The number of carbonyl (C=O) groups excluding carboxylic acids is 2. The quantitative estimate of drug-likeness (QED) is 0.775. The van der Waals surface area contributed by atoms with E-state index < -0.39 is 9.84 Å². The van der Waals surface area contributed by atoms with Crippen molar-refractivity contribution in [2.24, 2.45) is 0 Å². The Labute approximate surface area is 147 Å². The zero-order chi connectivity index (χ0) is 18.6. The molecule has 2 amide bonds. The summed E-state index contributed by atoms with van der Waals surface area (Å²) in [6, 6.07) is 8.05. The van der Waals surface area contributed by atoms with Crippen molar-refractivity contribution < 1.29 is 18.0 Å². The van der Waals surface area contributed by atoms with Crippen molar-refractivity contribution in [3.8, 4) is 6.07 Å². The summed E-state index contributed by atoms with van der Waals surface area (Å²) >= 11 is 0. The van der Waals surface area contributed by atoms with E-state index in [0.717, 1.165) is 0 Å². The van der Waals surface area contributed by atoms with Crippen LogP contribution in [0.2, 0.25) is 0 Å². The SMILES string of the molecule is CCN(C(=O)CN(C(C)=O)c1ccc(C#N)cc1)C1CCS(=O)(=O)C1. The molecular weight excluding hydrogens is 342 g/mol. The number of nitrogens with zero attached hydrogens (tertiary/aromatic N) is 3.